The van der Waals surface area contributed by atoms with Crippen LogP contribution in [0.3, 0.4) is 0 Å². The molecule has 0 aromatic heterocycles. The van der Waals surface area contributed by atoms with Gasteiger partial charge in [-0.1, -0.05) is 30.2 Å². The van der Waals surface area contributed by atoms with E-state index < -0.39 is 47.7 Å². The molecule has 9 heteroatoms. The summed E-state index contributed by atoms with van der Waals surface area (Å²) in [6, 6.07) is 5.71. The molecule has 1 aliphatic carbocycles. The van der Waals surface area contributed by atoms with Crippen LogP contribution in [-0.2, 0) is 30.3 Å². The highest BCUT2D eigenvalue weighted by Crippen LogP contribution is 2.35. The molecule has 3 rings (SSSR count). The first-order valence-corrected chi connectivity index (χ1v) is 14.6. The van der Waals surface area contributed by atoms with Crippen molar-refractivity contribution in [2.24, 2.45) is 0 Å². The highest BCUT2D eigenvalue weighted by atomic mass is 16.6. The number of ketones is 1. The quantitative estimate of drug-likeness (QED) is 0.431. The molecule has 1 N–H and O–H groups in total. The Kier molecular flexibility index (Phi) is 11.0. The third-order valence-corrected chi connectivity index (χ3v) is 7.95. The van der Waals surface area contributed by atoms with Crippen molar-refractivity contribution >= 4 is 23.7 Å². The lowest BCUT2D eigenvalue weighted by molar-refractivity contribution is -0.144. The number of benzene rings is 1. The normalized spacial score (nSPS) is 20.7. The molecular formula is C32H45N3O6. The fourth-order valence-electron chi connectivity index (χ4n) is 5.59. The SMILES string of the molecule is C#CCO[C@H](C)[C@H](NC(=O)[C@H](C)N(C)C(=O)OC(C)(C)C)C(=O)N1CCC[C@H]1C(=O)C[C@@H]1CCCc2ccccc21. The van der Waals surface area contributed by atoms with Crippen LogP contribution in [0.2, 0.25) is 0 Å². The molecule has 0 bridgehead atoms. The van der Waals surface area contributed by atoms with Crippen LogP contribution in [0.5, 0.6) is 0 Å². The number of aryl methyl sites for hydroxylation is 1. The number of amides is 3. The molecule has 2 aliphatic rings. The van der Waals surface area contributed by atoms with Crippen LogP contribution in [0.1, 0.15) is 83.8 Å². The summed E-state index contributed by atoms with van der Waals surface area (Å²) in [5.41, 5.74) is 1.80. The van der Waals surface area contributed by atoms with Crippen LogP contribution in [0.4, 0.5) is 4.79 Å². The number of likely N-dealkylation sites (tertiary alicyclic amines) is 1. The highest BCUT2D eigenvalue weighted by Gasteiger charge is 2.41. The van der Waals surface area contributed by atoms with Gasteiger partial charge in [-0.15, -0.1) is 6.42 Å². The zero-order valence-corrected chi connectivity index (χ0v) is 25.3. The van der Waals surface area contributed by atoms with Gasteiger partial charge in [0.25, 0.3) is 0 Å². The molecule has 9 nitrogen and oxygen atoms in total. The van der Waals surface area contributed by atoms with Gasteiger partial charge in [0.05, 0.1) is 12.1 Å². The molecule has 1 saturated heterocycles. The Bertz CT molecular complexity index is 1150. The van der Waals surface area contributed by atoms with Crippen LogP contribution < -0.4 is 5.32 Å². The van der Waals surface area contributed by atoms with Crippen LogP contribution in [-0.4, -0.2) is 83.5 Å². The Labute approximate surface area is 244 Å². The van der Waals surface area contributed by atoms with Gasteiger partial charge in [0, 0.05) is 20.0 Å². The van der Waals surface area contributed by atoms with Gasteiger partial charge in [-0.3, -0.25) is 19.3 Å². The van der Waals surface area contributed by atoms with Crippen molar-refractivity contribution in [3.8, 4) is 12.3 Å². The molecule has 0 spiro atoms. The maximum absolute atomic E-state index is 13.9. The Balaban J connectivity index is 1.74. The Morgan fingerprint density at radius 2 is 1.85 bits per heavy atom. The van der Waals surface area contributed by atoms with E-state index in [0.29, 0.717) is 25.8 Å². The standard InChI is InChI=1S/C32H45N3O6/c1-8-19-40-22(3)28(33-29(37)21(2)34(7)31(39)41-32(4,5)6)30(38)35-18-12-17-26(35)27(36)20-24-15-11-14-23-13-9-10-16-25(23)24/h1,9-10,13,16,21-22,24,26,28H,11-12,14-15,17-20H2,2-7H3,(H,33,37)/t21-,22+,24-,26-,28-/m0/s1. The number of hydrogen-bond donors (Lipinski definition) is 1. The van der Waals surface area contributed by atoms with Crippen molar-refractivity contribution in [3.63, 3.8) is 0 Å². The summed E-state index contributed by atoms with van der Waals surface area (Å²) in [7, 11) is 1.46. The average Bonchev–Trinajstić information content (AvgIpc) is 3.43. The number of nitrogens with zero attached hydrogens (tertiary/aromatic N) is 2. The van der Waals surface area contributed by atoms with E-state index in [4.69, 9.17) is 15.9 Å². The Morgan fingerprint density at radius 3 is 2.54 bits per heavy atom. The van der Waals surface area contributed by atoms with Crippen molar-refractivity contribution in [2.75, 3.05) is 20.2 Å². The van der Waals surface area contributed by atoms with E-state index in [2.05, 4.69) is 23.4 Å². The topological polar surface area (TPSA) is 105 Å². The second-order valence-corrected chi connectivity index (χ2v) is 12.1. The van der Waals surface area contributed by atoms with Crippen molar-refractivity contribution in [1.82, 2.24) is 15.1 Å². The molecule has 5 atom stereocenters. The maximum Gasteiger partial charge on any atom is 0.410 e. The number of carbonyl (C=O) groups is 4. The van der Waals surface area contributed by atoms with Crippen LogP contribution in [0, 0.1) is 12.3 Å². The van der Waals surface area contributed by atoms with Crippen LogP contribution >= 0.6 is 0 Å². The average molecular weight is 568 g/mol. The van der Waals surface area contributed by atoms with E-state index in [1.54, 1.807) is 39.5 Å². The van der Waals surface area contributed by atoms with Gasteiger partial charge in [-0.2, -0.15) is 0 Å². The van der Waals surface area contributed by atoms with Crippen molar-refractivity contribution in [3.05, 3.63) is 35.4 Å². The van der Waals surface area contributed by atoms with Gasteiger partial charge in [0.2, 0.25) is 11.8 Å². The Morgan fingerprint density at radius 1 is 1.15 bits per heavy atom. The molecule has 1 aromatic carbocycles. The zero-order chi connectivity index (χ0) is 30.3. The number of terminal acetylenes is 1. The summed E-state index contributed by atoms with van der Waals surface area (Å²) < 4.78 is 11.0. The lowest BCUT2D eigenvalue weighted by Crippen LogP contribution is -2.59. The van der Waals surface area contributed by atoms with E-state index in [9.17, 15) is 19.2 Å². The van der Waals surface area contributed by atoms with Crippen LogP contribution in [0.15, 0.2) is 24.3 Å². The largest absolute Gasteiger partial charge is 0.444 e. The fourth-order valence-corrected chi connectivity index (χ4v) is 5.59. The number of carbonyl (C=O) groups excluding carboxylic acids is 4. The monoisotopic (exact) mass is 567 g/mol. The lowest BCUT2D eigenvalue weighted by Gasteiger charge is -2.34. The number of ether oxygens (including phenoxy) is 2. The molecule has 224 valence electrons. The predicted octanol–water partition coefficient (Wildman–Crippen LogP) is 3.84. The summed E-state index contributed by atoms with van der Waals surface area (Å²) in [5.74, 6) is 1.63. The van der Waals surface area contributed by atoms with E-state index >= 15 is 0 Å². The Hall–Kier alpha value is -3.38. The summed E-state index contributed by atoms with van der Waals surface area (Å²) in [5, 5.41) is 2.77. The molecule has 1 heterocycles. The number of nitrogens with one attached hydrogen (secondary N) is 1. The van der Waals surface area contributed by atoms with Gasteiger partial charge in [-0.25, -0.2) is 4.79 Å². The first-order valence-electron chi connectivity index (χ1n) is 14.6. The second-order valence-electron chi connectivity index (χ2n) is 12.1. The lowest BCUT2D eigenvalue weighted by atomic mass is 9.79. The molecule has 0 unspecified atom stereocenters. The molecule has 1 aromatic rings. The molecule has 0 saturated carbocycles. The molecule has 0 radical (unpaired) electrons. The number of Topliss-reactive ketones (excluding diaryl/α,β-unsaturated/α-hetero) is 1. The third kappa shape index (κ3) is 8.32. The maximum atomic E-state index is 13.9. The van der Waals surface area contributed by atoms with Gasteiger partial charge >= 0.3 is 6.09 Å². The van der Waals surface area contributed by atoms with E-state index in [-0.39, 0.29) is 18.3 Å². The summed E-state index contributed by atoms with van der Waals surface area (Å²) in [6.45, 7) is 8.80. The first-order chi connectivity index (χ1) is 19.3. The molecule has 41 heavy (non-hydrogen) atoms. The van der Waals surface area contributed by atoms with E-state index in [1.165, 1.54) is 23.1 Å². The van der Waals surface area contributed by atoms with Gasteiger partial charge in [0.1, 0.15) is 24.3 Å². The minimum atomic E-state index is -1.09. The van der Waals surface area contributed by atoms with Gasteiger partial charge < -0.3 is 19.7 Å². The molecule has 1 fully saturated rings. The molecule has 1 aliphatic heterocycles. The zero-order valence-electron chi connectivity index (χ0n) is 25.3. The number of rotatable bonds is 10. The fraction of sp³-hybridized carbons (Fsp3) is 0.625. The summed E-state index contributed by atoms with van der Waals surface area (Å²) in [4.78, 5) is 56.1. The second kappa shape index (κ2) is 14.0. The minimum Gasteiger partial charge on any atom is -0.444 e. The summed E-state index contributed by atoms with van der Waals surface area (Å²) >= 11 is 0. The predicted molar refractivity (Wildman–Crippen MR) is 156 cm³/mol. The van der Waals surface area contributed by atoms with Crippen molar-refractivity contribution < 1.29 is 28.7 Å². The first kappa shape index (κ1) is 32.1. The number of hydrogen-bond acceptors (Lipinski definition) is 6. The third-order valence-electron chi connectivity index (χ3n) is 7.95. The highest BCUT2D eigenvalue weighted by molar-refractivity contribution is 5.95. The number of likely N-dealkylation sites (N-methyl/N-ethyl adjacent to an activating group) is 1. The molecular weight excluding hydrogens is 522 g/mol. The van der Waals surface area contributed by atoms with Crippen molar-refractivity contribution in [2.45, 2.75) is 109 Å². The van der Waals surface area contributed by atoms with Gasteiger partial charge in [0.15, 0.2) is 5.78 Å². The van der Waals surface area contributed by atoms with Crippen molar-refractivity contribution in [1.29, 1.82) is 0 Å². The van der Waals surface area contributed by atoms with E-state index in [0.717, 1.165) is 19.3 Å². The summed E-state index contributed by atoms with van der Waals surface area (Å²) in [6.07, 6.45) is 8.61. The molecule has 3 amide bonds. The minimum absolute atomic E-state index is 0.0397. The van der Waals surface area contributed by atoms with Crippen LogP contribution in [0.25, 0.3) is 0 Å². The smallest absolute Gasteiger partial charge is 0.410 e. The van der Waals surface area contributed by atoms with E-state index in [1.807, 2.05) is 12.1 Å². The van der Waals surface area contributed by atoms with Gasteiger partial charge in [-0.05, 0) is 83.8 Å². The number of fused-ring (bicyclic) bond motifs is 1.